The van der Waals surface area contributed by atoms with E-state index in [1.165, 1.54) is 12.7 Å². The Bertz CT molecular complexity index is 443. The average Bonchev–Trinajstić information content (AvgIpc) is 2.44. The summed E-state index contributed by atoms with van der Waals surface area (Å²) in [6.45, 7) is 3.32. The molecule has 20 heavy (non-hydrogen) atoms. The fourth-order valence-corrected chi connectivity index (χ4v) is 1.67. The monoisotopic (exact) mass is 278 g/mol. The van der Waals surface area contributed by atoms with Crippen LogP contribution in [0.2, 0.25) is 0 Å². The highest BCUT2D eigenvalue weighted by Gasteiger charge is 2.08. The second-order valence-electron chi connectivity index (χ2n) is 4.83. The number of amides is 1. The molecule has 5 nitrogen and oxygen atoms in total. The van der Waals surface area contributed by atoms with E-state index in [0.29, 0.717) is 13.1 Å². The van der Waals surface area contributed by atoms with Gasteiger partial charge >= 0.3 is 5.97 Å². The van der Waals surface area contributed by atoms with Gasteiger partial charge < -0.3 is 10.1 Å². The van der Waals surface area contributed by atoms with Gasteiger partial charge in [-0.15, -0.1) is 0 Å². The van der Waals surface area contributed by atoms with Crippen molar-refractivity contribution in [2.75, 3.05) is 27.2 Å². The third kappa shape index (κ3) is 6.33. The first-order valence-electron chi connectivity index (χ1n) is 6.59. The number of nitrogens with one attached hydrogen (secondary N) is 1. The Labute approximate surface area is 119 Å². The van der Waals surface area contributed by atoms with Crippen LogP contribution in [0.25, 0.3) is 0 Å². The van der Waals surface area contributed by atoms with Gasteiger partial charge in [0.25, 0.3) is 0 Å². The van der Waals surface area contributed by atoms with E-state index in [1.54, 1.807) is 11.9 Å². The van der Waals surface area contributed by atoms with Crippen LogP contribution in [0.3, 0.4) is 0 Å². The van der Waals surface area contributed by atoms with Crippen molar-refractivity contribution in [3.05, 3.63) is 35.4 Å². The Morgan fingerprint density at radius 3 is 2.50 bits per heavy atom. The standard InChI is InChI=1S/C15H22N2O3/c1-12-4-6-13(7-5-12)10-16-14(18)11-17(2)9-8-15(19)20-3/h4-7H,8-11H2,1-3H3,(H,16,18). The molecular weight excluding hydrogens is 256 g/mol. The number of benzene rings is 1. The summed E-state index contributed by atoms with van der Waals surface area (Å²) in [5, 5.41) is 2.85. The molecule has 0 unspecified atom stereocenters. The lowest BCUT2D eigenvalue weighted by atomic mass is 10.1. The van der Waals surface area contributed by atoms with Crippen molar-refractivity contribution >= 4 is 11.9 Å². The molecule has 0 aliphatic carbocycles. The van der Waals surface area contributed by atoms with Crippen molar-refractivity contribution in [2.24, 2.45) is 0 Å². The Morgan fingerprint density at radius 1 is 1.25 bits per heavy atom. The summed E-state index contributed by atoms with van der Waals surface area (Å²) in [4.78, 5) is 24.5. The molecule has 0 aromatic heterocycles. The second kappa shape index (κ2) is 8.32. The number of aryl methyl sites for hydroxylation is 1. The fourth-order valence-electron chi connectivity index (χ4n) is 1.67. The van der Waals surface area contributed by atoms with Gasteiger partial charge in [-0.25, -0.2) is 0 Å². The summed E-state index contributed by atoms with van der Waals surface area (Å²) < 4.78 is 4.55. The van der Waals surface area contributed by atoms with Gasteiger partial charge in [-0.3, -0.25) is 14.5 Å². The van der Waals surface area contributed by atoms with Crippen LogP contribution in [0.4, 0.5) is 0 Å². The fraction of sp³-hybridized carbons (Fsp3) is 0.467. The molecule has 0 atom stereocenters. The molecule has 1 N–H and O–H groups in total. The van der Waals surface area contributed by atoms with Crippen LogP contribution in [0.1, 0.15) is 17.5 Å². The Hall–Kier alpha value is -1.88. The second-order valence-corrected chi connectivity index (χ2v) is 4.83. The van der Waals surface area contributed by atoms with Crippen LogP contribution in [0.15, 0.2) is 24.3 Å². The molecule has 0 bridgehead atoms. The van der Waals surface area contributed by atoms with Crippen molar-refractivity contribution in [1.29, 1.82) is 0 Å². The normalized spacial score (nSPS) is 10.4. The smallest absolute Gasteiger partial charge is 0.306 e. The maximum atomic E-state index is 11.7. The van der Waals surface area contributed by atoms with Crippen LogP contribution in [-0.2, 0) is 20.9 Å². The van der Waals surface area contributed by atoms with Gasteiger partial charge in [-0.1, -0.05) is 29.8 Å². The van der Waals surface area contributed by atoms with E-state index in [0.717, 1.165) is 5.56 Å². The molecule has 0 heterocycles. The van der Waals surface area contributed by atoms with Crippen molar-refractivity contribution in [3.8, 4) is 0 Å². The molecule has 1 rings (SSSR count). The minimum Gasteiger partial charge on any atom is -0.469 e. The van der Waals surface area contributed by atoms with Gasteiger partial charge in [0.05, 0.1) is 20.1 Å². The molecule has 110 valence electrons. The van der Waals surface area contributed by atoms with Gasteiger partial charge in [0.15, 0.2) is 0 Å². The van der Waals surface area contributed by atoms with Gasteiger partial charge in [-0.2, -0.15) is 0 Å². The highest BCUT2D eigenvalue weighted by atomic mass is 16.5. The molecular formula is C15H22N2O3. The lowest BCUT2D eigenvalue weighted by molar-refractivity contribution is -0.141. The molecule has 0 aliphatic heterocycles. The first kappa shape index (κ1) is 16.2. The summed E-state index contributed by atoms with van der Waals surface area (Å²) in [7, 11) is 3.16. The van der Waals surface area contributed by atoms with E-state index in [9.17, 15) is 9.59 Å². The number of rotatable bonds is 7. The Kier molecular flexibility index (Phi) is 6.73. The highest BCUT2D eigenvalue weighted by Crippen LogP contribution is 2.02. The van der Waals surface area contributed by atoms with Gasteiger partial charge in [0.1, 0.15) is 0 Å². The third-order valence-electron chi connectivity index (χ3n) is 2.95. The molecule has 0 fully saturated rings. The SMILES string of the molecule is COC(=O)CCN(C)CC(=O)NCc1ccc(C)cc1. The van der Waals surface area contributed by atoms with E-state index in [2.05, 4.69) is 10.1 Å². The number of hydrogen-bond donors (Lipinski definition) is 1. The third-order valence-corrected chi connectivity index (χ3v) is 2.95. The number of esters is 1. The summed E-state index contributed by atoms with van der Waals surface area (Å²) in [6, 6.07) is 8.03. The first-order valence-corrected chi connectivity index (χ1v) is 6.59. The Morgan fingerprint density at radius 2 is 1.90 bits per heavy atom. The van der Waals surface area contributed by atoms with Crippen LogP contribution >= 0.6 is 0 Å². The molecule has 1 aromatic carbocycles. The number of nitrogens with zero attached hydrogens (tertiary/aromatic N) is 1. The predicted molar refractivity (Wildman–Crippen MR) is 77.2 cm³/mol. The van der Waals surface area contributed by atoms with E-state index in [4.69, 9.17) is 0 Å². The van der Waals surface area contributed by atoms with Crippen LogP contribution < -0.4 is 5.32 Å². The molecule has 0 radical (unpaired) electrons. The zero-order valence-corrected chi connectivity index (χ0v) is 12.3. The largest absolute Gasteiger partial charge is 0.469 e. The quantitative estimate of drug-likeness (QED) is 0.759. The number of ether oxygens (including phenoxy) is 1. The summed E-state index contributed by atoms with van der Waals surface area (Å²) >= 11 is 0. The minimum absolute atomic E-state index is 0.0575. The molecule has 0 saturated carbocycles. The maximum absolute atomic E-state index is 11.7. The van der Waals surface area contributed by atoms with Crippen molar-refractivity contribution in [3.63, 3.8) is 0 Å². The molecule has 1 amide bonds. The lowest BCUT2D eigenvalue weighted by Gasteiger charge is -2.15. The number of hydrogen-bond acceptors (Lipinski definition) is 4. The zero-order valence-electron chi connectivity index (χ0n) is 12.3. The number of likely N-dealkylation sites (N-methyl/N-ethyl adjacent to an activating group) is 1. The number of methoxy groups -OCH3 is 1. The molecule has 0 saturated heterocycles. The molecule has 0 spiro atoms. The van der Waals surface area contributed by atoms with Crippen molar-refractivity contribution in [1.82, 2.24) is 10.2 Å². The Balaban J connectivity index is 2.25. The highest BCUT2D eigenvalue weighted by molar-refractivity contribution is 5.78. The zero-order chi connectivity index (χ0) is 15.0. The van der Waals surface area contributed by atoms with E-state index in [1.807, 2.05) is 31.2 Å². The van der Waals surface area contributed by atoms with Crippen LogP contribution in [-0.4, -0.2) is 44.0 Å². The topological polar surface area (TPSA) is 58.6 Å². The van der Waals surface area contributed by atoms with Gasteiger partial charge in [0.2, 0.25) is 5.91 Å². The van der Waals surface area contributed by atoms with E-state index >= 15 is 0 Å². The first-order chi connectivity index (χ1) is 9.51. The minimum atomic E-state index is -0.267. The van der Waals surface area contributed by atoms with E-state index in [-0.39, 0.29) is 24.8 Å². The summed E-state index contributed by atoms with van der Waals surface area (Å²) in [6.07, 6.45) is 0.290. The van der Waals surface area contributed by atoms with Crippen molar-refractivity contribution < 1.29 is 14.3 Å². The van der Waals surface area contributed by atoms with Crippen LogP contribution in [0.5, 0.6) is 0 Å². The van der Waals surface area contributed by atoms with E-state index < -0.39 is 0 Å². The predicted octanol–water partition coefficient (Wildman–Crippen LogP) is 1.11. The number of carbonyl (C=O) groups is 2. The average molecular weight is 278 g/mol. The summed E-state index contributed by atoms with van der Waals surface area (Å²) in [5.74, 6) is -0.324. The summed E-state index contributed by atoms with van der Waals surface area (Å²) in [5.41, 5.74) is 2.27. The van der Waals surface area contributed by atoms with Gasteiger partial charge in [0, 0.05) is 13.1 Å². The molecule has 1 aromatic rings. The lowest BCUT2D eigenvalue weighted by Crippen LogP contribution is -2.35. The van der Waals surface area contributed by atoms with Gasteiger partial charge in [-0.05, 0) is 19.5 Å². The van der Waals surface area contributed by atoms with Crippen LogP contribution in [0, 0.1) is 6.92 Å². The maximum Gasteiger partial charge on any atom is 0.306 e. The number of carbonyl (C=O) groups excluding carboxylic acids is 2. The van der Waals surface area contributed by atoms with Crippen molar-refractivity contribution in [2.45, 2.75) is 19.9 Å². The molecule has 5 heteroatoms. The molecule has 0 aliphatic rings.